The fourth-order valence-corrected chi connectivity index (χ4v) is 1.38. The molecule has 2 aromatic rings. The van der Waals surface area contributed by atoms with E-state index in [0.717, 1.165) is 11.3 Å². The topological polar surface area (TPSA) is 73.1 Å². The third-order valence-corrected chi connectivity index (χ3v) is 2.33. The number of rotatable bonds is 4. The van der Waals surface area contributed by atoms with E-state index in [0.29, 0.717) is 12.4 Å². The molecule has 17 heavy (non-hydrogen) atoms. The monoisotopic (exact) mass is 234 g/mol. The van der Waals surface area contributed by atoms with Gasteiger partial charge in [-0.25, -0.2) is 0 Å². The molecule has 0 amide bonds. The summed E-state index contributed by atoms with van der Waals surface area (Å²) in [6.45, 7) is 2.12. The van der Waals surface area contributed by atoms with Crippen molar-refractivity contribution in [2.45, 2.75) is 19.6 Å². The van der Waals surface area contributed by atoms with Gasteiger partial charge in [-0.3, -0.25) is 0 Å². The molecule has 0 radical (unpaired) electrons. The van der Waals surface area contributed by atoms with E-state index in [1.807, 2.05) is 24.3 Å². The van der Waals surface area contributed by atoms with Crippen molar-refractivity contribution in [3.05, 3.63) is 35.7 Å². The van der Waals surface area contributed by atoms with Crippen LogP contribution >= 0.6 is 0 Å². The second-order valence-electron chi connectivity index (χ2n) is 3.70. The van der Waals surface area contributed by atoms with E-state index in [4.69, 9.17) is 4.74 Å². The average Bonchev–Trinajstić information content (AvgIpc) is 2.79. The van der Waals surface area contributed by atoms with Crippen LogP contribution in [0.5, 0.6) is 5.75 Å². The molecular weight excluding hydrogens is 220 g/mol. The molecule has 1 heterocycles. The normalized spacial score (nSPS) is 12.4. The molecule has 6 nitrogen and oxygen atoms in total. The van der Waals surface area contributed by atoms with Gasteiger partial charge in [0.05, 0.1) is 13.7 Å². The summed E-state index contributed by atoms with van der Waals surface area (Å²) in [6.07, 6.45) is -0.695. The molecule has 1 aromatic heterocycles. The summed E-state index contributed by atoms with van der Waals surface area (Å²) >= 11 is 0. The van der Waals surface area contributed by atoms with Crippen LogP contribution in [-0.4, -0.2) is 32.4 Å². The third-order valence-electron chi connectivity index (χ3n) is 2.33. The van der Waals surface area contributed by atoms with Crippen LogP contribution in [0.15, 0.2) is 24.3 Å². The van der Waals surface area contributed by atoms with E-state index in [2.05, 4.69) is 15.4 Å². The van der Waals surface area contributed by atoms with E-state index in [9.17, 15) is 5.11 Å². The average molecular weight is 234 g/mol. The van der Waals surface area contributed by atoms with E-state index >= 15 is 0 Å². The number of hydrogen-bond donors (Lipinski definition) is 1. The summed E-state index contributed by atoms with van der Waals surface area (Å²) in [5, 5.41) is 20.9. The first kappa shape index (κ1) is 11.5. The van der Waals surface area contributed by atoms with Gasteiger partial charge in [-0.1, -0.05) is 12.1 Å². The lowest BCUT2D eigenvalue weighted by Crippen LogP contribution is -2.04. The van der Waals surface area contributed by atoms with E-state index in [1.54, 1.807) is 14.0 Å². The van der Waals surface area contributed by atoms with Gasteiger partial charge in [-0.2, -0.15) is 4.80 Å². The van der Waals surface area contributed by atoms with Crippen molar-refractivity contribution in [3.8, 4) is 5.75 Å². The third kappa shape index (κ3) is 2.79. The fourth-order valence-electron chi connectivity index (χ4n) is 1.38. The minimum absolute atomic E-state index is 0.332. The Balaban J connectivity index is 2.08. The standard InChI is InChI=1S/C11H14N4O2/c1-8(16)11-12-14-15(13-11)7-9-3-5-10(17-2)6-4-9/h3-6,8,16H,7H2,1-2H3. The highest BCUT2D eigenvalue weighted by molar-refractivity contribution is 5.27. The van der Waals surface area contributed by atoms with Crippen LogP contribution in [0.3, 0.4) is 0 Å². The summed E-state index contributed by atoms with van der Waals surface area (Å²) in [4.78, 5) is 1.45. The van der Waals surface area contributed by atoms with Crippen LogP contribution in [0, 0.1) is 0 Å². The van der Waals surface area contributed by atoms with Crippen molar-refractivity contribution in [1.29, 1.82) is 0 Å². The molecule has 1 aromatic carbocycles. The number of tetrazole rings is 1. The smallest absolute Gasteiger partial charge is 0.202 e. The molecular formula is C11H14N4O2. The van der Waals surface area contributed by atoms with Crippen LogP contribution in [0.25, 0.3) is 0 Å². The first-order chi connectivity index (χ1) is 8.19. The largest absolute Gasteiger partial charge is 0.497 e. The maximum Gasteiger partial charge on any atom is 0.202 e. The fraction of sp³-hybridized carbons (Fsp3) is 0.364. The van der Waals surface area contributed by atoms with Crippen LogP contribution in [-0.2, 0) is 6.54 Å². The molecule has 0 fully saturated rings. The molecule has 2 rings (SSSR count). The predicted molar refractivity (Wildman–Crippen MR) is 60.5 cm³/mol. The van der Waals surface area contributed by atoms with Crippen molar-refractivity contribution in [1.82, 2.24) is 20.2 Å². The Kier molecular flexibility index (Phi) is 3.34. The highest BCUT2D eigenvalue weighted by Crippen LogP contribution is 2.12. The van der Waals surface area contributed by atoms with Crippen molar-refractivity contribution in [2.24, 2.45) is 0 Å². The van der Waals surface area contributed by atoms with Gasteiger partial charge < -0.3 is 9.84 Å². The molecule has 1 atom stereocenters. The second kappa shape index (κ2) is 4.92. The summed E-state index contributed by atoms with van der Waals surface area (Å²) in [5.74, 6) is 1.14. The summed E-state index contributed by atoms with van der Waals surface area (Å²) in [6, 6.07) is 7.62. The highest BCUT2D eigenvalue weighted by atomic mass is 16.5. The van der Waals surface area contributed by atoms with Gasteiger partial charge in [0.25, 0.3) is 0 Å². The predicted octanol–water partition coefficient (Wildman–Crippen LogP) is 0.783. The summed E-state index contributed by atoms with van der Waals surface area (Å²) < 4.78 is 5.07. The molecule has 0 spiro atoms. The number of ether oxygens (including phenoxy) is 1. The maximum absolute atomic E-state index is 9.28. The Morgan fingerprint density at radius 2 is 2.06 bits per heavy atom. The van der Waals surface area contributed by atoms with Crippen molar-refractivity contribution in [2.75, 3.05) is 7.11 Å². The quantitative estimate of drug-likeness (QED) is 0.846. The molecule has 0 aliphatic rings. The van der Waals surface area contributed by atoms with Gasteiger partial charge in [0, 0.05) is 0 Å². The van der Waals surface area contributed by atoms with Crippen molar-refractivity contribution >= 4 is 0 Å². The van der Waals surface area contributed by atoms with Gasteiger partial charge in [0.1, 0.15) is 11.9 Å². The first-order valence-corrected chi connectivity index (χ1v) is 5.27. The van der Waals surface area contributed by atoms with E-state index in [1.165, 1.54) is 4.80 Å². The SMILES string of the molecule is COc1ccc(Cn2nnc(C(C)O)n2)cc1. The van der Waals surface area contributed by atoms with Gasteiger partial charge in [-0.05, 0) is 29.8 Å². The lowest BCUT2D eigenvalue weighted by Gasteiger charge is -2.02. The first-order valence-electron chi connectivity index (χ1n) is 5.27. The van der Waals surface area contributed by atoms with Gasteiger partial charge >= 0.3 is 0 Å². The van der Waals surface area contributed by atoms with Crippen LogP contribution < -0.4 is 4.74 Å². The molecule has 6 heteroatoms. The lowest BCUT2D eigenvalue weighted by atomic mass is 10.2. The molecule has 0 saturated heterocycles. The highest BCUT2D eigenvalue weighted by Gasteiger charge is 2.08. The maximum atomic E-state index is 9.28. The Morgan fingerprint density at radius 1 is 1.35 bits per heavy atom. The number of benzene rings is 1. The Morgan fingerprint density at radius 3 is 2.59 bits per heavy atom. The minimum atomic E-state index is -0.695. The zero-order valence-corrected chi connectivity index (χ0v) is 9.74. The number of aromatic nitrogens is 4. The summed E-state index contributed by atoms with van der Waals surface area (Å²) in [5.41, 5.74) is 1.04. The van der Waals surface area contributed by atoms with Crippen molar-refractivity contribution < 1.29 is 9.84 Å². The number of nitrogens with zero attached hydrogens (tertiary/aromatic N) is 4. The molecule has 90 valence electrons. The second-order valence-corrected chi connectivity index (χ2v) is 3.70. The van der Waals surface area contributed by atoms with Crippen LogP contribution in [0.2, 0.25) is 0 Å². The molecule has 0 aliphatic carbocycles. The number of aliphatic hydroxyl groups is 1. The molecule has 1 N–H and O–H groups in total. The van der Waals surface area contributed by atoms with Gasteiger partial charge in [0.2, 0.25) is 5.82 Å². The Labute approximate surface area is 98.8 Å². The molecule has 0 bridgehead atoms. The van der Waals surface area contributed by atoms with Crippen LogP contribution in [0.4, 0.5) is 0 Å². The zero-order valence-electron chi connectivity index (χ0n) is 9.74. The lowest BCUT2D eigenvalue weighted by molar-refractivity contribution is 0.188. The molecule has 1 unspecified atom stereocenters. The molecule has 0 aliphatic heterocycles. The Hall–Kier alpha value is -1.95. The van der Waals surface area contributed by atoms with E-state index < -0.39 is 6.10 Å². The van der Waals surface area contributed by atoms with E-state index in [-0.39, 0.29) is 0 Å². The Bertz CT molecular complexity index is 478. The van der Waals surface area contributed by atoms with Gasteiger partial charge in [-0.15, -0.1) is 10.2 Å². The van der Waals surface area contributed by atoms with Gasteiger partial charge in [0.15, 0.2) is 0 Å². The summed E-state index contributed by atoms with van der Waals surface area (Å²) in [7, 11) is 1.63. The van der Waals surface area contributed by atoms with Crippen molar-refractivity contribution in [3.63, 3.8) is 0 Å². The number of aliphatic hydroxyl groups excluding tert-OH is 1. The van der Waals surface area contributed by atoms with Crippen LogP contribution in [0.1, 0.15) is 24.4 Å². The number of hydrogen-bond acceptors (Lipinski definition) is 5. The molecule has 0 saturated carbocycles. The number of methoxy groups -OCH3 is 1. The minimum Gasteiger partial charge on any atom is -0.497 e. The zero-order chi connectivity index (χ0) is 12.3.